The predicted molar refractivity (Wildman–Crippen MR) is 67.0 cm³/mol. The molecular formula is C11H23ClN2O2. The van der Waals surface area contributed by atoms with Crippen molar-refractivity contribution in [3.63, 3.8) is 0 Å². The van der Waals surface area contributed by atoms with Crippen molar-refractivity contribution < 1.29 is 9.53 Å². The number of halogens is 1. The van der Waals surface area contributed by atoms with E-state index in [-0.39, 0.29) is 30.5 Å². The molecule has 16 heavy (non-hydrogen) atoms. The van der Waals surface area contributed by atoms with Gasteiger partial charge in [0.2, 0.25) is 5.91 Å². The monoisotopic (exact) mass is 250 g/mol. The van der Waals surface area contributed by atoms with Crippen molar-refractivity contribution >= 4 is 18.3 Å². The Bertz CT molecular complexity index is 196. The molecule has 1 saturated heterocycles. The normalized spacial score (nSPS) is 21.2. The summed E-state index contributed by atoms with van der Waals surface area (Å²) >= 11 is 0. The molecule has 0 aromatic rings. The molecule has 2 N–H and O–H groups in total. The third kappa shape index (κ3) is 5.68. The number of carbonyl (C=O) groups is 1. The van der Waals surface area contributed by atoms with Crippen molar-refractivity contribution in [1.29, 1.82) is 0 Å². The Morgan fingerprint density at radius 1 is 1.56 bits per heavy atom. The standard InChI is InChI=1S/C11H22N2O2.ClH/c1-9(10-5-4-8-15-10)13-11(14)6-3-7-12-2;/h9-10,12H,3-8H2,1-2H3,(H,13,14);1H. The first-order valence-corrected chi connectivity index (χ1v) is 5.79. The van der Waals surface area contributed by atoms with E-state index in [4.69, 9.17) is 4.74 Å². The van der Waals surface area contributed by atoms with Gasteiger partial charge in [0.15, 0.2) is 0 Å². The Balaban J connectivity index is 0.00000225. The molecule has 5 heteroatoms. The molecule has 1 rings (SSSR count). The van der Waals surface area contributed by atoms with Crippen LogP contribution in [0.1, 0.15) is 32.6 Å². The van der Waals surface area contributed by atoms with E-state index in [0.717, 1.165) is 32.4 Å². The first-order chi connectivity index (χ1) is 7.24. The number of ether oxygens (including phenoxy) is 1. The molecule has 0 aromatic carbocycles. The van der Waals surface area contributed by atoms with Gasteiger partial charge in [-0.1, -0.05) is 0 Å². The highest BCUT2D eigenvalue weighted by Crippen LogP contribution is 2.15. The Labute approximate surface area is 104 Å². The molecule has 1 aliphatic rings. The molecule has 2 unspecified atom stereocenters. The zero-order chi connectivity index (χ0) is 11.1. The number of nitrogens with one attached hydrogen (secondary N) is 2. The number of amides is 1. The molecule has 0 aliphatic carbocycles. The zero-order valence-corrected chi connectivity index (χ0v) is 10.9. The Morgan fingerprint density at radius 2 is 2.31 bits per heavy atom. The van der Waals surface area contributed by atoms with Crippen LogP contribution in [0, 0.1) is 0 Å². The van der Waals surface area contributed by atoms with E-state index in [0.29, 0.717) is 6.42 Å². The number of hydrogen-bond acceptors (Lipinski definition) is 3. The molecule has 1 aliphatic heterocycles. The lowest BCUT2D eigenvalue weighted by Crippen LogP contribution is -2.40. The number of rotatable bonds is 6. The number of carbonyl (C=O) groups excluding carboxylic acids is 1. The molecule has 4 nitrogen and oxygen atoms in total. The van der Waals surface area contributed by atoms with Crippen molar-refractivity contribution in [2.75, 3.05) is 20.2 Å². The maximum Gasteiger partial charge on any atom is 0.220 e. The molecule has 0 saturated carbocycles. The van der Waals surface area contributed by atoms with Crippen LogP contribution < -0.4 is 10.6 Å². The van der Waals surface area contributed by atoms with Gasteiger partial charge in [0.1, 0.15) is 0 Å². The van der Waals surface area contributed by atoms with E-state index in [2.05, 4.69) is 10.6 Å². The molecule has 0 spiro atoms. The quantitative estimate of drug-likeness (QED) is 0.694. The fourth-order valence-electron chi connectivity index (χ4n) is 1.84. The molecule has 96 valence electrons. The first kappa shape index (κ1) is 15.7. The van der Waals surface area contributed by atoms with E-state index in [1.165, 1.54) is 0 Å². The average molecular weight is 251 g/mol. The summed E-state index contributed by atoms with van der Waals surface area (Å²) in [6, 6.07) is 0.148. The summed E-state index contributed by atoms with van der Waals surface area (Å²) in [4.78, 5) is 11.5. The molecule has 1 amide bonds. The van der Waals surface area contributed by atoms with Crippen LogP contribution in [0.15, 0.2) is 0 Å². The SMILES string of the molecule is CNCCCC(=O)NC(C)C1CCCO1.Cl. The van der Waals surface area contributed by atoms with Crippen molar-refractivity contribution in [2.24, 2.45) is 0 Å². The highest BCUT2D eigenvalue weighted by molar-refractivity contribution is 5.85. The van der Waals surface area contributed by atoms with Crippen LogP contribution in [0.5, 0.6) is 0 Å². The van der Waals surface area contributed by atoms with Crippen LogP contribution in [0.4, 0.5) is 0 Å². The topological polar surface area (TPSA) is 50.4 Å². The van der Waals surface area contributed by atoms with Gasteiger partial charge in [0, 0.05) is 13.0 Å². The summed E-state index contributed by atoms with van der Waals surface area (Å²) < 4.78 is 5.51. The minimum Gasteiger partial charge on any atom is -0.376 e. The molecule has 2 atom stereocenters. The van der Waals surface area contributed by atoms with Crippen molar-refractivity contribution in [3.05, 3.63) is 0 Å². The van der Waals surface area contributed by atoms with Gasteiger partial charge >= 0.3 is 0 Å². The Morgan fingerprint density at radius 3 is 2.88 bits per heavy atom. The minimum absolute atomic E-state index is 0. The molecule has 0 radical (unpaired) electrons. The van der Waals surface area contributed by atoms with Gasteiger partial charge in [-0.3, -0.25) is 4.79 Å². The summed E-state index contributed by atoms with van der Waals surface area (Å²) in [7, 11) is 1.90. The van der Waals surface area contributed by atoms with Gasteiger partial charge in [-0.15, -0.1) is 12.4 Å². The first-order valence-electron chi connectivity index (χ1n) is 5.79. The highest BCUT2D eigenvalue weighted by Gasteiger charge is 2.23. The second kappa shape index (κ2) is 8.79. The van der Waals surface area contributed by atoms with Crippen LogP contribution in [-0.2, 0) is 9.53 Å². The maximum absolute atomic E-state index is 11.5. The summed E-state index contributed by atoms with van der Waals surface area (Å²) in [5, 5.41) is 6.02. The minimum atomic E-state index is 0. The smallest absolute Gasteiger partial charge is 0.220 e. The predicted octanol–water partition coefficient (Wildman–Crippen LogP) is 1.09. The Kier molecular flexibility index (Phi) is 8.61. The fourth-order valence-corrected chi connectivity index (χ4v) is 1.84. The van der Waals surface area contributed by atoms with E-state index < -0.39 is 0 Å². The van der Waals surface area contributed by atoms with Crippen molar-refractivity contribution in [1.82, 2.24) is 10.6 Å². The van der Waals surface area contributed by atoms with Gasteiger partial charge < -0.3 is 15.4 Å². The van der Waals surface area contributed by atoms with E-state index in [9.17, 15) is 4.79 Å². The van der Waals surface area contributed by atoms with Crippen LogP contribution in [0.3, 0.4) is 0 Å². The molecule has 0 aromatic heterocycles. The highest BCUT2D eigenvalue weighted by atomic mass is 35.5. The summed E-state index contributed by atoms with van der Waals surface area (Å²) in [6.07, 6.45) is 3.89. The van der Waals surface area contributed by atoms with E-state index in [1.807, 2.05) is 14.0 Å². The largest absolute Gasteiger partial charge is 0.376 e. The number of hydrogen-bond donors (Lipinski definition) is 2. The third-order valence-corrected chi connectivity index (χ3v) is 2.74. The Hall–Kier alpha value is -0.320. The van der Waals surface area contributed by atoms with Crippen LogP contribution in [0.2, 0.25) is 0 Å². The average Bonchev–Trinajstić information content (AvgIpc) is 2.70. The zero-order valence-electron chi connectivity index (χ0n) is 10.1. The van der Waals surface area contributed by atoms with Gasteiger partial charge in [0.25, 0.3) is 0 Å². The summed E-state index contributed by atoms with van der Waals surface area (Å²) in [5.41, 5.74) is 0. The summed E-state index contributed by atoms with van der Waals surface area (Å²) in [5.74, 6) is 0.133. The molecule has 1 fully saturated rings. The molecular weight excluding hydrogens is 228 g/mol. The lowest BCUT2D eigenvalue weighted by molar-refractivity contribution is -0.122. The van der Waals surface area contributed by atoms with E-state index in [1.54, 1.807) is 0 Å². The van der Waals surface area contributed by atoms with Crippen LogP contribution in [-0.4, -0.2) is 38.3 Å². The van der Waals surface area contributed by atoms with Crippen LogP contribution >= 0.6 is 12.4 Å². The third-order valence-electron chi connectivity index (χ3n) is 2.74. The van der Waals surface area contributed by atoms with Gasteiger partial charge in [-0.05, 0) is 39.8 Å². The summed E-state index contributed by atoms with van der Waals surface area (Å²) in [6.45, 7) is 3.75. The maximum atomic E-state index is 11.5. The second-order valence-electron chi connectivity index (χ2n) is 4.11. The van der Waals surface area contributed by atoms with Gasteiger partial charge in [-0.25, -0.2) is 0 Å². The second-order valence-corrected chi connectivity index (χ2v) is 4.11. The molecule has 0 bridgehead atoms. The van der Waals surface area contributed by atoms with Gasteiger partial charge in [-0.2, -0.15) is 0 Å². The lowest BCUT2D eigenvalue weighted by Gasteiger charge is -2.19. The molecule has 1 heterocycles. The fraction of sp³-hybridized carbons (Fsp3) is 0.909. The van der Waals surface area contributed by atoms with Crippen LogP contribution in [0.25, 0.3) is 0 Å². The van der Waals surface area contributed by atoms with Gasteiger partial charge in [0.05, 0.1) is 12.1 Å². The lowest BCUT2D eigenvalue weighted by atomic mass is 10.1. The van der Waals surface area contributed by atoms with Crippen molar-refractivity contribution in [3.8, 4) is 0 Å². The van der Waals surface area contributed by atoms with Crippen molar-refractivity contribution in [2.45, 2.75) is 44.8 Å². The van der Waals surface area contributed by atoms with E-state index >= 15 is 0 Å².